The summed E-state index contributed by atoms with van der Waals surface area (Å²) in [7, 11) is 0. The maximum Gasteiger partial charge on any atom is 0.171 e. The van der Waals surface area contributed by atoms with Crippen LogP contribution in [-0.2, 0) is 19.4 Å². The van der Waals surface area contributed by atoms with Gasteiger partial charge < -0.3 is 0 Å². The van der Waals surface area contributed by atoms with E-state index in [9.17, 15) is 0 Å². The van der Waals surface area contributed by atoms with E-state index in [0.717, 1.165) is 0 Å². The normalized spacial score (nSPS) is 11.5. The Labute approximate surface area is 291 Å². The van der Waals surface area contributed by atoms with Crippen LogP contribution in [0.3, 0.4) is 0 Å². The first-order valence-electron chi connectivity index (χ1n) is 21.8. The van der Waals surface area contributed by atoms with Gasteiger partial charge in [-0.3, -0.25) is 0 Å². The van der Waals surface area contributed by atoms with Gasteiger partial charge in [-0.15, -0.1) is 0 Å². The molecule has 0 bridgehead atoms. The fourth-order valence-corrected chi connectivity index (χ4v) is 7.27. The highest BCUT2D eigenvalue weighted by Crippen LogP contribution is 2.17. The molecule has 0 aliphatic carbocycles. The molecule has 0 aliphatic heterocycles. The lowest BCUT2D eigenvalue weighted by Gasteiger charge is -2.07. The second-order valence-corrected chi connectivity index (χ2v) is 15.3. The molecule has 0 unspecified atom stereocenters. The molecule has 1 heteroatoms. The third-order valence-electron chi connectivity index (χ3n) is 10.4. The summed E-state index contributed by atoms with van der Waals surface area (Å²) in [6.07, 6.45) is 56.4. The Balaban J connectivity index is 2.06. The van der Waals surface area contributed by atoms with Crippen LogP contribution < -0.4 is 4.57 Å². The first-order chi connectivity index (χ1) is 22.8. The number of aromatic nitrogens is 1. The van der Waals surface area contributed by atoms with Crippen LogP contribution in [0.15, 0.2) is 18.5 Å². The van der Waals surface area contributed by atoms with E-state index >= 15 is 0 Å². The van der Waals surface area contributed by atoms with Gasteiger partial charge in [0.05, 0.1) is 0 Å². The van der Waals surface area contributed by atoms with Crippen LogP contribution in [-0.4, -0.2) is 0 Å². The summed E-state index contributed by atoms with van der Waals surface area (Å²) in [5.74, 6) is 0. The zero-order chi connectivity index (χ0) is 33.0. The Bertz CT molecular complexity index is 669. The summed E-state index contributed by atoms with van der Waals surface area (Å²) in [6.45, 7) is 8.13. The number of unbranched alkanes of at least 4 members (excludes halogenated alkanes) is 31. The van der Waals surface area contributed by atoms with Gasteiger partial charge >= 0.3 is 0 Å². The van der Waals surface area contributed by atoms with E-state index in [-0.39, 0.29) is 0 Å². The largest absolute Gasteiger partial charge is 0.205 e. The van der Waals surface area contributed by atoms with Crippen molar-refractivity contribution in [1.82, 2.24) is 0 Å². The minimum absolute atomic E-state index is 1.19. The van der Waals surface area contributed by atoms with Gasteiger partial charge in [-0.2, -0.15) is 0 Å². The van der Waals surface area contributed by atoms with E-state index in [0.29, 0.717) is 0 Å². The molecule has 1 rings (SSSR count). The highest BCUT2D eigenvalue weighted by molar-refractivity contribution is 5.15. The summed E-state index contributed by atoms with van der Waals surface area (Å²) in [4.78, 5) is 0. The van der Waals surface area contributed by atoms with Gasteiger partial charge in [-0.05, 0) is 31.7 Å². The van der Waals surface area contributed by atoms with Crippen molar-refractivity contribution in [3.8, 4) is 0 Å². The van der Waals surface area contributed by atoms with Crippen molar-refractivity contribution >= 4 is 0 Å². The van der Waals surface area contributed by atoms with Gasteiger partial charge in [0.2, 0.25) is 0 Å². The van der Waals surface area contributed by atoms with E-state index < -0.39 is 0 Å². The molecule has 1 aromatic heterocycles. The molecular weight excluding hydrogens is 555 g/mol. The summed E-state index contributed by atoms with van der Waals surface area (Å²) >= 11 is 0. The van der Waals surface area contributed by atoms with Crippen LogP contribution in [0.25, 0.3) is 0 Å². The zero-order valence-corrected chi connectivity index (χ0v) is 32.3. The van der Waals surface area contributed by atoms with Gasteiger partial charge in [0.25, 0.3) is 0 Å². The van der Waals surface area contributed by atoms with Crippen LogP contribution in [0.1, 0.15) is 250 Å². The second kappa shape index (κ2) is 35.5. The van der Waals surface area contributed by atoms with Crippen molar-refractivity contribution in [2.75, 3.05) is 0 Å². The number of hydrogen-bond acceptors (Lipinski definition) is 0. The minimum atomic E-state index is 1.19. The standard InChI is InChI=1S/C45H86N/c1-4-7-10-12-14-16-18-20-22-24-26-28-30-32-34-36-38-44-41-45(43-46(42-44)40-9-6-3)39-37-35-33-31-29-27-25-23-21-19-17-15-13-11-8-5-2/h41-43H,4-40H2,1-3H3/q+1. The maximum absolute atomic E-state index is 2.55. The van der Waals surface area contributed by atoms with Crippen molar-refractivity contribution in [1.29, 1.82) is 0 Å². The van der Waals surface area contributed by atoms with E-state index in [1.165, 1.54) is 238 Å². The lowest BCUT2D eigenvalue weighted by molar-refractivity contribution is -0.698. The first kappa shape index (κ1) is 43.2. The average Bonchev–Trinajstić information content (AvgIpc) is 3.07. The van der Waals surface area contributed by atoms with Crippen LogP contribution >= 0.6 is 0 Å². The minimum Gasteiger partial charge on any atom is -0.205 e. The molecule has 0 radical (unpaired) electrons. The molecule has 1 heterocycles. The predicted octanol–water partition coefficient (Wildman–Crippen LogP) is 15.4. The van der Waals surface area contributed by atoms with Gasteiger partial charge in [-0.1, -0.05) is 220 Å². The fourth-order valence-electron chi connectivity index (χ4n) is 7.27. The molecule has 0 atom stereocenters. The number of pyridine rings is 1. The first-order valence-corrected chi connectivity index (χ1v) is 21.8. The molecule has 0 saturated heterocycles. The Hall–Kier alpha value is -0.850. The number of nitrogens with zero attached hydrogens (tertiary/aromatic N) is 1. The molecule has 0 spiro atoms. The molecular formula is C45H86N+. The average molecular weight is 641 g/mol. The van der Waals surface area contributed by atoms with Crippen molar-refractivity contribution in [2.24, 2.45) is 0 Å². The second-order valence-electron chi connectivity index (χ2n) is 15.3. The van der Waals surface area contributed by atoms with Crippen LogP contribution in [0, 0.1) is 0 Å². The SMILES string of the molecule is CCCCCCCCCCCCCCCCCCc1cc(CCCCCCCCCCCCCCCCCC)c[n+](CCCC)c1. The number of rotatable bonds is 37. The van der Waals surface area contributed by atoms with Crippen LogP contribution in [0.2, 0.25) is 0 Å². The number of aryl methyl sites for hydroxylation is 3. The Morgan fingerprint density at radius 3 is 0.804 bits per heavy atom. The quantitative estimate of drug-likeness (QED) is 0.0503. The van der Waals surface area contributed by atoms with Crippen molar-refractivity contribution in [3.05, 3.63) is 29.6 Å². The Kier molecular flexibility index (Phi) is 33.3. The third kappa shape index (κ3) is 29.3. The third-order valence-corrected chi connectivity index (χ3v) is 10.4. The van der Waals surface area contributed by atoms with Gasteiger partial charge in [0.15, 0.2) is 12.4 Å². The topological polar surface area (TPSA) is 3.88 Å². The number of hydrogen-bond donors (Lipinski definition) is 0. The zero-order valence-electron chi connectivity index (χ0n) is 32.3. The summed E-state index contributed by atoms with van der Waals surface area (Å²) in [6, 6.07) is 2.55. The van der Waals surface area contributed by atoms with Crippen molar-refractivity contribution < 1.29 is 4.57 Å². The molecule has 1 aromatic rings. The summed E-state index contributed by atoms with van der Waals surface area (Å²) in [5.41, 5.74) is 3.19. The van der Waals surface area contributed by atoms with E-state index in [4.69, 9.17) is 0 Å². The molecule has 0 saturated carbocycles. The van der Waals surface area contributed by atoms with Crippen molar-refractivity contribution in [2.45, 2.75) is 258 Å². The van der Waals surface area contributed by atoms with Crippen LogP contribution in [0.5, 0.6) is 0 Å². The van der Waals surface area contributed by atoms with E-state index in [1.807, 2.05) is 0 Å². The Morgan fingerprint density at radius 2 is 0.543 bits per heavy atom. The molecule has 0 aliphatic rings. The van der Waals surface area contributed by atoms with Crippen LogP contribution in [0.4, 0.5) is 0 Å². The highest BCUT2D eigenvalue weighted by Gasteiger charge is 2.08. The predicted molar refractivity (Wildman–Crippen MR) is 208 cm³/mol. The molecule has 0 aromatic carbocycles. The van der Waals surface area contributed by atoms with E-state index in [2.05, 4.69) is 43.8 Å². The highest BCUT2D eigenvalue weighted by atomic mass is 14.9. The Morgan fingerprint density at radius 1 is 0.304 bits per heavy atom. The lowest BCUT2D eigenvalue weighted by Crippen LogP contribution is -2.34. The molecule has 0 fully saturated rings. The van der Waals surface area contributed by atoms with E-state index in [1.54, 1.807) is 11.1 Å². The van der Waals surface area contributed by atoms with Crippen molar-refractivity contribution in [3.63, 3.8) is 0 Å². The molecule has 1 nitrogen and oxygen atoms in total. The molecule has 270 valence electrons. The summed E-state index contributed by atoms with van der Waals surface area (Å²) < 4.78 is 2.52. The summed E-state index contributed by atoms with van der Waals surface area (Å²) in [5, 5.41) is 0. The molecule has 0 amide bonds. The van der Waals surface area contributed by atoms with Gasteiger partial charge in [0, 0.05) is 17.5 Å². The lowest BCUT2D eigenvalue weighted by atomic mass is 10.0. The van der Waals surface area contributed by atoms with Gasteiger partial charge in [0.1, 0.15) is 6.54 Å². The monoisotopic (exact) mass is 641 g/mol. The fraction of sp³-hybridized carbons (Fsp3) is 0.889. The molecule has 0 N–H and O–H groups in total. The van der Waals surface area contributed by atoms with Gasteiger partial charge in [-0.25, -0.2) is 4.57 Å². The smallest absolute Gasteiger partial charge is 0.171 e. The molecule has 46 heavy (non-hydrogen) atoms. The maximum atomic E-state index is 2.55.